The van der Waals surface area contributed by atoms with Crippen LogP contribution in [0, 0.1) is 0 Å². The maximum absolute atomic E-state index is 6.33. The quantitative estimate of drug-likeness (QED) is 0.479. The van der Waals surface area contributed by atoms with Gasteiger partial charge in [0.05, 0.1) is 32.2 Å². The van der Waals surface area contributed by atoms with E-state index in [0.717, 1.165) is 22.7 Å². The van der Waals surface area contributed by atoms with Crippen LogP contribution >= 0.6 is 11.3 Å². The minimum atomic E-state index is 0.423. The van der Waals surface area contributed by atoms with Crippen LogP contribution in [0.5, 0.6) is 17.2 Å². The second-order valence-corrected chi connectivity index (χ2v) is 7.13. The van der Waals surface area contributed by atoms with E-state index in [1.807, 2.05) is 54.8 Å². The van der Waals surface area contributed by atoms with Crippen LogP contribution in [0.25, 0.3) is 27.6 Å². The number of nitrogens with zero attached hydrogens (tertiary/aromatic N) is 4. The van der Waals surface area contributed by atoms with Crippen LogP contribution in [0.1, 0.15) is 6.92 Å². The number of aromatic nitrogens is 4. The Hall–Kier alpha value is -3.59. The summed E-state index contributed by atoms with van der Waals surface area (Å²) in [5.41, 5.74) is 9.38. The Kier molecular flexibility index (Phi) is 5.53. The van der Waals surface area contributed by atoms with E-state index < -0.39 is 0 Å². The lowest BCUT2D eigenvalue weighted by Crippen LogP contribution is -2.02. The predicted octanol–water partition coefficient (Wildman–Crippen LogP) is 4.06. The lowest BCUT2D eigenvalue weighted by atomic mass is 10.1. The number of nitrogens with two attached hydrogens (primary N) is 1. The van der Waals surface area contributed by atoms with Gasteiger partial charge in [-0.1, -0.05) is 5.21 Å². The fourth-order valence-corrected chi connectivity index (χ4v) is 3.81. The Morgan fingerprint density at radius 2 is 1.80 bits per heavy atom. The van der Waals surface area contributed by atoms with E-state index >= 15 is 0 Å². The van der Waals surface area contributed by atoms with Gasteiger partial charge in [-0.2, -0.15) is 4.68 Å². The molecule has 30 heavy (non-hydrogen) atoms. The van der Waals surface area contributed by atoms with E-state index in [1.54, 1.807) is 18.9 Å². The first kappa shape index (κ1) is 19.7. The zero-order chi connectivity index (χ0) is 21.1. The van der Waals surface area contributed by atoms with Crippen molar-refractivity contribution in [3.8, 4) is 44.9 Å². The molecule has 0 spiro atoms. The molecule has 0 saturated heterocycles. The maximum atomic E-state index is 6.33. The summed E-state index contributed by atoms with van der Waals surface area (Å²) < 4.78 is 17.7. The topological polar surface area (TPSA) is 97.3 Å². The molecule has 4 aromatic rings. The standard InChI is InChI=1S/C21H21N5O3S/c1-4-29-15-8-6-14(7-9-15)26-20(22)19(24-25-26)21-23-16(12-30-21)13-5-10-17(27-2)18(11-13)28-3/h5-12H,4,22H2,1-3H3. The van der Waals surface area contributed by atoms with Crippen LogP contribution in [-0.4, -0.2) is 40.8 Å². The number of anilines is 1. The maximum Gasteiger partial charge on any atom is 0.165 e. The van der Waals surface area contributed by atoms with E-state index in [1.165, 1.54) is 11.3 Å². The molecule has 0 bridgehead atoms. The number of nitrogen functional groups attached to an aromatic ring is 1. The van der Waals surface area contributed by atoms with Crippen LogP contribution < -0.4 is 19.9 Å². The van der Waals surface area contributed by atoms with Crippen molar-refractivity contribution < 1.29 is 14.2 Å². The molecule has 2 heterocycles. The average Bonchev–Trinajstić information content (AvgIpc) is 3.41. The van der Waals surface area contributed by atoms with Gasteiger partial charge in [0, 0.05) is 10.9 Å². The zero-order valence-electron chi connectivity index (χ0n) is 16.8. The van der Waals surface area contributed by atoms with Crippen molar-refractivity contribution in [1.29, 1.82) is 0 Å². The molecule has 8 nitrogen and oxygen atoms in total. The van der Waals surface area contributed by atoms with Gasteiger partial charge in [0.15, 0.2) is 23.0 Å². The van der Waals surface area contributed by atoms with Crippen molar-refractivity contribution in [2.75, 3.05) is 26.6 Å². The molecule has 0 radical (unpaired) electrons. The molecule has 0 amide bonds. The van der Waals surface area contributed by atoms with E-state index in [4.69, 9.17) is 24.9 Å². The number of hydrogen-bond acceptors (Lipinski definition) is 8. The van der Waals surface area contributed by atoms with Crippen molar-refractivity contribution in [2.24, 2.45) is 0 Å². The molecule has 0 unspecified atom stereocenters. The number of hydrogen-bond donors (Lipinski definition) is 1. The smallest absolute Gasteiger partial charge is 0.165 e. The minimum Gasteiger partial charge on any atom is -0.494 e. The summed E-state index contributed by atoms with van der Waals surface area (Å²) >= 11 is 1.45. The lowest BCUT2D eigenvalue weighted by Gasteiger charge is -2.08. The van der Waals surface area contributed by atoms with Crippen LogP contribution in [0.15, 0.2) is 47.8 Å². The SMILES string of the molecule is CCOc1ccc(-n2nnc(-c3nc(-c4ccc(OC)c(OC)c4)cs3)c2N)cc1. The largest absolute Gasteiger partial charge is 0.494 e. The molecular weight excluding hydrogens is 402 g/mol. The Balaban J connectivity index is 1.63. The number of ether oxygens (including phenoxy) is 3. The molecule has 0 aliphatic carbocycles. The molecule has 2 aromatic heterocycles. The average molecular weight is 423 g/mol. The first-order chi connectivity index (χ1) is 14.6. The third-order valence-electron chi connectivity index (χ3n) is 4.48. The highest BCUT2D eigenvalue weighted by atomic mass is 32.1. The summed E-state index contributed by atoms with van der Waals surface area (Å²) in [6, 6.07) is 13.2. The molecule has 2 aromatic carbocycles. The van der Waals surface area contributed by atoms with Gasteiger partial charge in [-0.05, 0) is 49.4 Å². The molecule has 4 rings (SSSR count). The van der Waals surface area contributed by atoms with Crippen molar-refractivity contribution >= 4 is 17.2 Å². The number of methoxy groups -OCH3 is 2. The Labute approximate surface area is 177 Å². The molecule has 2 N–H and O–H groups in total. The lowest BCUT2D eigenvalue weighted by molar-refractivity contribution is 0.340. The molecule has 154 valence electrons. The highest BCUT2D eigenvalue weighted by Crippen LogP contribution is 2.35. The van der Waals surface area contributed by atoms with Gasteiger partial charge in [-0.25, -0.2) is 4.98 Å². The fraction of sp³-hybridized carbons (Fsp3) is 0.190. The van der Waals surface area contributed by atoms with Gasteiger partial charge < -0.3 is 19.9 Å². The monoisotopic (exact) mass is 423 g/mol. The molecule has 9 heteroatoms. The van der Waals surface area contributed by atoms with Crippen LogP contribution in [0.3, 0.4) is 0 Å². The molecule has 0 aliphatic heterocycles. The van der Waals surface area contributed by atoms with E-state index in [0.29, 0.717) is 34.6 Å². The van der Waals surface area contributed by atoms with Gasteiger partial charge in [0.25, 0.3) is 0 Å². The van der Waals surface area contributed by atoms with Gasteiger partial charge in [0.2, 0.25) is 0 Å². The van der Waals surface area contributed by atoms with Gasteiger partial charge in [0.1, 0.15) is 10.8 Å². The van der Waals surface area contributed by atoms with E-state index in [9.17, 15) is 0 Å². The van der Waals surface area contributed by atoms with Crippen LogP contribution in [-0.2, 0) is 0 Å². The summed E-state index contributed by atoms with van der Waals surface area (Å²) in [5, 5.41) is 11.1. The third kappa shape index (κ3) is 3.67. The van der Waals surface area contributed by atoms with Crippen molar-refractivity contribution in [3.05, 3.63) is 47.8 Å². The molecular formula is C21H21N5O3S. The summed E-state index contributed by atoms with van der Waals surface area (Å²) in [6.45, 7) is 2.56. The molecule has 0 aliphatic rings. The van der Waals surface area contributed by atoms with Gasteiger partial charge >= 0.3 is 0 Å². The third-order valence-corrected chi connectivity index (χ3v) is 5.33. The summed E-state index contributed by atoms with van der Waals surface area (Å²) in [4.78, 5) is 4.69. The van der Waals surface area contributed by atoms with E-state index in [-0.39, 0.29) is 0 Å². The first-order valence-corrected chi connectivity index (χ1v) is 10.1. The normalized spacial score (nSPS) is 10.8. The Morgan fingerprint density at radius 1 is 1.03 bits per heavy atom. The fourth-order valence-electron chi connectivity index (χ4n) is 2.99. The second kappa shape index (κ2) is 8.42. The molecule has 0 atom stereocenters. The highest BCUT2D eigenvalue weighted by Gasteiger charge is 2.17. The molecule has 0 fully saturated rings. The second-order valence-electron chi connectivity index (χ2n) is 6.27. The first-order valence-electron chi connectivity index (χ1n) is 9.27. The number of rotatable bonds is 7. The summed E-state index contributed by atoms with van der Waals surface area (Å²) in [6.07, 6.45) is 0. The minimum absolute atomic E-state index is 0.423. The van der Waals surface area contributed by atoms with Crippen molar-refractivity contribution in [2.45, 2.75) is 6.92 Å². The van der Waals surface area contributed by atoms with Crippen LogP contribution in [0.2, 0.25) is 0 Å². The Bertz CT molecular complexity index is 1150. The molecule has 0 saturated carbocycles. The van der Waals surface area contributed by atoms with Crippen LogP contribution in [0.4, 0.5) is 5.82 Å². The number of thiazole rings is 1. The summed E-state index contributed by atoms with van der Waals surface area (Å²) in [7, 11) is 3.21. The highest BCUT2D eigenvalue weighted by molar-refractivity contribution is 7.13. The van der Waals surface area contributed by atoms with Crippen molar-refractivity contribution in [3.63, 3.8) is 0 Å². The zero-order valence-corrected chi connectivity index (χ0v) is 17.6. The summed E-state index contributed by atoms with van der Waals surface area (Å²) in [5.74, 6) is 2.52. The van der Waals surface area contributed by atoms with Gasteiger partial charge in [-0.3, -0.25) is 0 Å². The Morgan fingerprint density at radius 3 is 2.50 bits per heavy atom. The number of benzene rings is 2. The van der Waals surface area contributed by atoms with Crippen molar-refractivity contribution in [1.82, 2.24) is 20.0 Å². The van der Waals surface area contributed by atoms with E-state index in [2.05, 4.69) is 10.3 Å². The predicted molar refractivity (Wildman–Crippen MR) is 117 cm³/mol. The van der Waals surface area contributed by atoms with Gasteiger partial charge in [-0.15, -0.1) is 16.4 Å².